The van der Waals surface area contributed by atoms with Crippen molar-refractivity contribution in [1.82, 2.24) is 5.32 Å². The highest BCUT2D eigenvalue weighted by Gasteiger charge is 2.23. The summed E-state index contributed by atoms with van der Waals surface area (Å²) in [7, 11) is 0. The van der Waals surface area contributed by atoms with Crippen LogP contribution in [0.5, 0.6) is 5.75 Å². The van der Waals surface area contributed by atoms with Crippen LogP contribution in [-0.4, -0.2) is 11.7 Å². The highest BCUT2D eigenvalue weighted by Crippen LogP contribution is 2.35. The average Bonchev–Trinajstić information content (AvgIpc) is 1.93. The highest BCUT2D eigenvalue weighted by molar-refractivity contribution is 9.10. The summed E-state index contributed by atoms with van der Waals surface area (Å²) >= 11 is 3.42. The van der Waals surface area contributed by atoms with Gasteiger partial charge in [0, 0.05) is 16.1 Å². The summed E-state index contributed by atoms with van der Waals surface area (Å²) in [5, 5.41) is 12.8. The van der Waals surface area contributed by atoms with Gasteiger partial charge >= 0.3 is 0 Å². The summed E-state index contributed by atoms with van der Waals surface area (Å²) in [5.74, 6) is 0.376. The minimum Gasteiger partial charge on any atom is -0.508 e. The maximum atomic E-state index is 9.56. The third-order valence-electron chi connectivity index (χ3n) is 2.20. The molecule has 0 saturated carbocycles. The highest BCUT2D eigenvalue weighted by atomic mass is 79.9. The van der Waals surface area contributed by atoms with E-state index in [1.54, 1.807) is 6.07 Å². The molecule has 3 heteroatoms. The first kappa shape index (κ1) is 8.08. The van der Waals surface area contributed by atoms with Crippen LogP contribution in [0.4, 0.5) is 0 Å². The van der Waals surface area contributed by atoms with E-state index >= 15 is 0 Å². The smallest absolute Gasteiger partial charge is 0.121 e. The zero-order valence-corrected chi connectivity index (χ0v) is 8.13. The molecule has 1 atom stereocenters. The maximum absolute atomic E-state index is 9.56. The topological polar surface area (TPSA) is 32.3 Å². The van der Waals surface area contributed by atoms with Crippen molar-refractivity contribution in [2.24, 2.45) is 0 Å². The van der Waals surface area contributed by atoms with Gasteiger partial charge in [-0.25, -0.2) is 0 Å². The van der Waals surface area contributed by atoms with Crippen molar-refractivity contribution in [3.63, 3.8) is 0 Å². The molecule has 1 aliphatic rings. The summed E-state index contributed by atoms with van der Waals surface area (Å²) in [4.78, 5) is 0. The predicted octanol–water partition coefficient (Wildman–Crippen LogP) is 2.19. The predicted molar refractivity (Wildman–Crippen MR) is 51.2 cm³/mol. The van der Waals surface area contributed by atoms with Crippen LogP contribution < -0.4 is 5.32 Å². The van der Waals surface area contributed by atoms with Gasteiger partial charge in [0.1, 0.15) is 5.75 Å². The lowest BCUT2D eigenvalue weighted by atomic mass is 9.97. The lowest BCUT2D eigenvalue weighted by Crippen LogP contribution is -2.35. The minimum absolute atomic E-state index is 0.334. The minimum atomic E-state index is 0.334. The summed E-state index contributed by atoms with van der Waals surface area (Å²) in [6.45, 7) is 1.05. The van der Waals surface area contributed by atoms with Crippen LogP contribution in [0.1, 0.15) is 18.0 Å². The molecule has 1 saturated heterocycles. The van der Waals surface area contributed by atoms with Gasteiger partial charge in [0.25, 0.3) is 0 Å². The Morgan fingerprint density at radius 3 is 2.75 bits per heavy atom. The number of halogens is 1. The standard InChI is InChI=1S/C9H10BrNO/c10-6-2-1-3-8(12)9(6)7-4-5-11-7/h1-3,7,11-12H,4-5H2. The number of hydrogen-bond acceptors (Lipinski definition) is 2. The SMILES string of the molecule is Oc1cccc(Br)c1C1CCN1. The molecule has 1 fully saturated rings. The van der Waals surface area contributed by atoms with E-state index in [4.69, 9.17) is 0 Å². The van der Waals surface area contributed by atoms with Crippen LogP contribution in [0.15, 0.2) is 22.7 Å². The van der Waals surface area contributed by atoms with Crippen LogP contribution in [0, 0.1) is 0 Å². The largest absolute Gasteiger partial charge is 0.508 e. The Kier molecular flexibility index (Phi) is 2.07. The van der Waals surface area contributed by atoms with Crippen molar-refractivity contribution in [3.8, 4) is 5.75 Å². The van der Waals surface area contributed by atoms with Crippen molar-refractivity contribution in [2.45, 2.75) is 12.5 Å². The van der Waals surface area contributed by atoms with Crippen LogP contribution in [0.25, 0.3) is 0 Å². The molecular weight excluding hydrogens is 218 g/mol. The molecule has 1 aliphatic heterocycles. The molecule has 1 aromatic rings. The van der Waals surface area contributed by atoms with Gasteiger partial charge in [-0.15, -0.1) is 0 Å². The molecular formula is C9H10BrNO. The van der Waals surface area contributed by atoms with E-state index in [1.807, 2.05) is 12.1 Å². The summed E-state index contributed by atoms with van der Waals surface area (Å²) in [5.41, 5.74) is 0.990. The van der Waals surface area contributed by atoms with E-state index in [2.05, 4.69) is 21.2 Å². The second kappa shape index (κ2) is 3.07. The third kappa shape index (κ3) is 1.23. The van der Waals surface area contributed by atoms with Crippen LogP contribution in [0.2, 0.25) is 0 Å². The number of nitrogens with one attached hydrogen (secondary N) is 1. The molecule has 64 valence electrons. The Labute approximate surface area is 79.7 Å². The van der Waals surface area contributed by atoms with Crippen LogP contribution >= 0.6 is 15.9 Å². The fourth-order valence-electron chi connectivity index (χ4n) is 1.41. The fourth-order valence-corrected chi connectivity index (χ4v) is 2.04. The number of hydrogen-bond donors (Lipinski definition) is 2. The molecule has 1 unspecified atom stereocenters. The number of aromatic hydroxyl groups is 1. The number of phenols is 1. The van der Waals surface area contributed by atoms with E-state index in [-0.39, 0.29) is 0 Å². The van der Waals surface area contributed by atoms with Gasteiger partial charge in [-0.05, 0) is 25.1 Å². The molecule has 0 aliphatic carbocycles. The molecule has 0 amide bonds. The van der Waals surface area contributed by atoms with Crippen molar-refractivity contribution in [2.75, 3.05) is 6.54 Å². The zero-order valence-electron chi connectivity index (χ0n) is 6.55. The quantitative estimate of drug-likeness (QED) is 0.772. The van der Waals surface area contributed by atoms with E-state index in [9.17, 15) is 5.11 Å². The third-order valence-corrected chi connectivity index (χ3v) is 2.89. The molecule has 12 heavy (non-hydrogen) atoms. The second-order valence-electron chi connectivity index (χ2n) is 2.97. The molecule has 0 bridgehead atoms. The maximum Gasteiger partial charge on any atom is 0.121 e. The Balaban J connectivity index is 2.39. The van der Waals surface area contributed by atoms with Crippen LogP contribution in [0.3, 0.4) is 0 Å². The molecule has 2 N–H and O–H groups in total. The van der Waals surface area contributed by atoms with E-state index in [1.165, 1.54) is 0 Å². The van der Waals surface area contributed by atoms with E-state index in [0.717, 1.165) is 23.0 Å². The molecule has 0 aromatic heterocycles. The average molecular weight is 228 g/mol. The van der Waals surface area contributed by atoms with E-state index in [0.29, 0.717) is 11.8 Å². The molecule has 0 radical (unpaired) electrons. The van der Waals surface area contributed by atoms with Gasteiger partial charge in [-0.3, -0.25) is 0 Å². The molecule has 2 rings (SSSR count). The number of benzene rings is 1. The van der Waals surface area contributed by atoms with Crippen molar-refractivity contribution >= 4 is 15.9 Å². The summed E-state index contributed by atoms with van der Waals surface area (Å²) in [6, 6.07) is 5.84. The second-order valence-corrected chi connectivity index (χ2v) is 3.82. The first-order valence-corrected chi connectivity index (χ1v) is 4.79. The summed E-state index contributed by atoms with van der Waals surface area (Å²) < 4.78 is 0.986. The van der Waals surface area contributed by atoms with Crippen LogP contribution in [-0.2, 0) is 0 Å². The van der Waals surface area contributed by atoms with Gasteiger partial charge in [-0.1, -0.05) is 22.0 Å². The van der Waals surface area contributed by atoms with E-state index < -0.39 is 0 Å². The fraction of sp³-hybridized carbons (Fsp3) is 0.333. The Morgan fingerprint density at radius 1 is 1.50 bits per heavy atom. The zero-order chi connectivity index (χ0) is 8.55. The molecule has 2 nitrogen and oxygen atoms in total. The lowest BCUT2D eigenvalue weighted by molar-refractivity contribution is 0.363. The van der Waals surface area contributed by atoms with Gasteiger partial charge in [0.15, 0.2) is 0 Å². The Hall–Kier alpha value is -0.540. The Bertz CT molecular complexity index is 276. The molecule has 1 heterocycles. The van der Waals surface area contributed by atoms with Gasteiger partial charge in [0.05, 0.1) is 0 Å². The normalized spacial score (nSPS) is 21.9. The first-order chi connectivity index (χ1) is 5.79. The summed E-state index contributed by atoms with van der Waals surface area (Å²) in [6.07, 6.45) is 1.11. The number of rotatable bonds is 1. The molecule has 1 aromatic carbocycles. The van der Waals surface area contributed by atoms with Gasteiger partial charge in [-0.2, -0.15) is 0 Å². The van der Waals surface area contributed by atoms with Crippen molar-refractivity contribution in [1.29, 1.82) is 0 Å². The lowest BCUT2D eigenvalue weighted by Gasteiger charge is -2.29. The Morgan fingerprint density at radius 2 is 2.25 bits per heavy atom. The molecule has 0 spiro atoms. The van der Waals surface area contributed by atoms with Gasteiger partial charge in [0.2, 0.25) is 0 Å². The van der Waals surface area contributed by atoms with Crippen molar-refractivity contribution in [3.05, 3.63) is 28.2 Å². The monoisotopic (exact) mass is 227 g/mol. The number of phenolic OH excluding ortho intramolecular Hbond substituents is 1. The first-order valence-electron chi connectivity index (χ1n) is 4.00. The van der Waals surface area contributed by atoms with Gasteiger partial charge < -0.3 is 10.4 Å². The van der Waals surface area contributed by atoms with Crippen molar-refractivity contribution < 1.29 is 5.11 Å².